The highest BCUT2D eigenvalue weighted by molar-refractivity contribution is 7.20. The first-order valence-corrected chi connectivity index (χ1v) is 11.8. The van der Waals surface area contributed by atoms with Gasteiger partial charge in [-0.3, -0.25) is 4.79 Å². The first-order chi connectivity index (χ1) is 15.6. The Morgan fingerprint density at radius 3 is 2.58 bits per heavy atom. The maximum atomic E-state index is 13.7. The molecule has 0 aliphatic carbocycles. The fourth-order valence-corrected chi connectivity index (χ4v) is 4.80. The summed E-state index contributed by atoms with van der Waals surface area (Å²) in [5, 5.41) is 10.7. The zero-order valence-corrected chi connectivity index (χ0v) is 19.6. The lowest BCUT2D eigenvalue weighted by Crippen LogP contribution is -2.32. The Hall–Kier alpha value is -2.63. The van der Waals surface area contributed by atoms with Crippen molar-refractivity contribution in [3.8, 4) is 16.3 Å². The highest BCUT2D eigenvalue weighted by atomic mass is 35.5. The van der Waals surface area contributed by atoms with Crippen molar-refractivity contribution in [1.82, 2.24) is 4.98 Å². The molecule has 0 unspecified atom stereocenters. The number of aliphatic carboxylic acids is 1. The van der Waals surface area contributed by atoms with Gasteiger partial charge in [-0.2, -0.15) is 13.2 Å². The number of amides is 1. The van der Waals surface area contributed by atoms with Crippen LogP contribution in [0.4, 0.5) is 24.0 Å². The van der Waals surface area contributed by atoms with E-state index in [9.17, 15) is 27.9 Å². The molecule has 1 aromatic carbocycles. The molecule has 176 valence electrons. The molecule has 0 bridgehead atoms. The van der Waals surface area contributed by atoms with Gasteiger partial charge >= 0.3 is 18.1 Å². The number of carboxylic acid groups (broad SMARTS) is 1. The number of thiazole rings is 1. The molecule has 6 nitrogen and oxygen atoms in total. The average molecular weight is 519 g/mol. The molecule has 2 aromatic heterocycles. The number of alkyl halides is 3. The van der Waals surface area contributed by atoms with Crippen molar-refractivity contribution in [3.05, 3.63) is 45.6 Å². The van der Waals surface area contributed by atoms with E-state index in [4.69, 9.17) is 16.3 Å². The minimum atomic E-state index is -4.78. The quantitative estimate of drug-likeness (QED) is 0.260. The Bertz CT molecular complexity index is 1150. The number of aromatic nitrogens is 1. The van der Waals surface area contributed by atoms with Crippen molar-refractivity contribution >= 4 is 57.0 Å². The maximum Gasteiger partial charge on any atom is 0.420 e. The molecule has 0 aliphatic rings. The first-order valence-electron chi connectivity index (χ1n) is 9.74. The number of benzene rings is 1. The largest absolute Gasteiger partial charge is 0.493 e. The van der Waals surface area contributed by atoms with E-state index in [2.05, 4.69) is 4.98 Å². The van der Waals surface area contributed by atoms with E-state index >= 15 is 0 Å². The van der Waals surface area contributed by atoms with E-state index in [1.165, 1.54) is 17.4 Å². The highest BCUT2D eigenvalue weighted by Crippen LogP contribution is 2.41. The number of anilines is 2. The van der Waals surface area contributed by atoms with Crippen molar-refractivity contribution in [1.29, 1.82) is 0 Å². The molecule has 0 fully saturated rings. The van der Waals surface area contributed by atoms with Crippen LogP contribution in [0.1, 0.15) is 31.7 Å². The predicted molar refractivity (Wildman–Crippen MR) is 122 cm³/mol. The van der Waals surface area contributed by atoms with Crippen molar-refractivity contribution < 1.29 is 32.6 Å². The molecule has 1 N–H and O–H groups in total. The van der Waals surface area contributed by atoms with Gasteiger partial charge in [0.25, 0.3) is 0 Å². The zero-order chi connectivity index (χ0) is 24.2. The number of carbonyl (C=O) groups excluding carboxylic acids is 1. The molecule has 2 heterocycles. The van der Waals surface area contributed by atoms with Crippen molar-refractivity contribution in [2.45, 2.75) is 32.4 Å². The number of thiophene rings is 1. The van der Waals surface area contributed by atoms with E-state index in [1.54, 1.807) is 17.5 Å². The van der Waals surface area contributed by atoms with E-state index in [1.807, 2.05) is 6.92 Å². The summed E-state index contributed by atoms with van der Waals surface area (Å²) in [5.74, 6) is -3.66. The first kappa shape index (κ1) is 25.0. The van der Waals surface area contributed by atoms with Gasteiger partial charge in [-0.1, -0.05) is 31.4 Å². The minimum absolute atomic E-state index is 0.0911. The van der Waals surface area contributed by atoms with Gasteiger partial charge in [0.05, 0.1) is 32.8 Å². The van der Waals surface area contributed by atoms with Crippen molar-refractivity contribution in [2.24, 2.45) is 0 Å². The smallest absolute Gasteiger partial charge is 0.420 e. The predicted octanol–water partition coefficient (Wildman–Crippen LogP) is 6.86. The molecular weight excluding hydrogens is 501 g/mol. The normalized spacial score (nSPS) is 11.4. The Morgan fingerprint density at radius 1 is 1.21 bits per heavy atom. The van der Waals surface area contributed by atoms with Gasteiger partial charge < -0.3 is 9.84 Å². The summed E-state index contributed by atoms with van der Waals surface area (Å²) >= 11 is 8.07. The summed E-state index contributed by atoms with van der Waals surface area (Å²) in [7, 11) is 0. The SMILES string of the molecule is CCCCCOc1ccc(N(C(=O)C(=O)O)c2nc(-c3ccc(Cl)s3)cs2)cc1C(F)(F)F. The summed E-state index contributed by atoms with van der Waals surface area (Å²) in [6.07, 6.45) is -2.50. The Labute approximate surface area is 200 Å². The number of unbranched alkanes of at least 4 members (excludes halogenated alkanes) is 2. The third-order valence-corrected chi connectivity index (χ3v) is 6.51. The van der Waals surface area contributed by atoms with Gasteiger partial charge in [-0.15, -0.1) is 22.7 Å². The molecule has 3 aromatic rings. The van der Waals surface area contributed by atoms with Gasteiger partial charge in [0.2, 0.25) is 0 Å². The zero-order valence-electron chi connectivity index (χ0n) is 17.2. The third kappa shape index (κ3) is 6.04. The van der Waals surface area contributed by atoms with Crippen LogP contribution < -0.4 is 9.64 Å². The van der Waals surface area contributed by atoms with Crippen LogP contribution in [-0.2, 0) is 15.8 Å². The Kier molecular flexibility index (Phi) is 7.98. The van der Waals surface area contributed by atoms with Crippen molar-refractivity contribution in [3.63, 3.8) is 0 Å². The van der Waals surface area contributed by atoms with Gasteiger partial charge in [0.15, 0.2) is 5.13 Å². The van der Waals surface area contributed by atoms with Crippen LogP contribution in [0.5, 0.6) is 5.75 Å². The molecule has 33 heavy (non-hydrogen) atoms. The molecule has 12 heteroatoms. The van der Waals surface area contributed by atoms with Crippen LogP contribution in [0, 0.1) is 0 Å². The number of hydrogen-bond donors (Lipinski definition) is 1. The Balaban J connectivity index is 2.01. The topological polar surface area (TPSA) is 79.7 Å². The second-order valence-corrected chi connectivity index (χ2v) is 9.35. The monoisotopic (exact) mass is 518 g/mol. The van der Waals surface area contributed by atoms with Gasteiger partial charge in [0.1, 0.15) is 5.75 Å². The summed E-state index contributed by atoms with van der Waals surface area (Å²) in [4.78, 5) is 29.5. The lowest BCUT2D eigenvalue weighted by molar-refractivity contribution is -0.148. The molecule has 0 saturated carbocycles. The Morgan fingerprint density at radius 2 is 1.97 bits per heavy atom. The number of rotatable bonds is 8. The fourth-order valence-electron chi connectivity index (χ4n) is 2.88. The molecule has 0 spiro atoms. The van der Waals surface area contributed by atoms with Crippen LogP contribution >= 0.6 is 34.3 Å². The number of carboxylic acids is 1. The summed E-state index contributed by atoms with van der Waals surface area (Å²) < 4.78 is 47.0. The lowest BCUT2D eigenvalue weighted by Gasteiger charge is -2.21. The van der Waals surface area contributed by atoms with Crippen LogP contribution in [0.25, 0.3) is 10.6 Å². The molecule has 3 rings (SSSR count). The lowest BCUT2D eigenvalue weighted by atomic mass is 10.1. The molecule has 0 aliphatic heterocycles. The van der Waals surface area contributed by atoms with Gasteiger partial charge in [-0.25, -0.2) is 14.7 Å². The fraction of sp³-hybridized carbons (Fsp3) is 0.286. The van der Waals surface area contributed by atoms with Crippen LogP contribution in [0.15, 0.2) is 35.7 Å². The van der Waals surface area contributed by atoms with Crippen LogP contribution in [-0.4, -0.2) is 28.6 Å². The minimum Gasteiger partial charge on any atom is -0.493 e. The standard InChI is InChI=1S/C21H18ClF3N2O4S2/c1-2-3-4-9-31-15-6-5-12(10-13(15)21(23,24)25)27(18(28)19(29)30)20-26-14(11-32-20)16-7-8-17(22)33-16/h5-8,10-11H,2-4,9H2,1H3,(H,29,30). The number of hydrogen-bond acceptors (Lipinski definition) is 6. The molecule has 0 radical (unpaired) electrons. The second-order valence-electron chi connectivity index (χ2n) is 6.80. The summed E-state index contributed by atoms with van der Waals surface area (Å²) in [5.41, 5.74) is -0.982. The van der Waals surface area contributed by atoms with Crippen molar-refractivity contribution in [2.75, 3.05) is 11.5 Å². The van der Waals surface area contributed by atoms with Crippen LogP contribution in [0.3, 0.4) is 0 Å². The van der Waals surface area contributed by atoms with E-state index in [-0.39, 0.29) is 17.4 Å². The summed E-state index contributed by atoms with van der Waals surface area (Å²) in [6, 6.07) is 6.32. The number of ether oxygens (including phenoxy) is 1. The highest BCUT2D eigenvalue weighted by Gasteiger charge is 2.36. The molecule has 1 amide bonds. The third-order valence-electron chi connectivity index (χ3n) is 4.43. The maximum absolute atomic E-state index is 13.7. The molecule has 0 atom stereocenters. The molecule has 0 saturated heterocycles. The van der Waals surface area contributed by atoms with E-state index in [0.29, 0.717) is 32.3 Å². The average Bonchev–Trinajstić information content (AvgIpc) is 3.40. The molecular formula is C21H18ClF3N2O4S2. The van der Waals surface area contributed by atoms with Gasteiger partial charge in [0, 0.05) is 5.38 Å². The van der Waals surface area contributed by atoms with Crippen LogP contribution in [0.2, 0.25) is 4.34 Å². The summed E-state index contributed by atoms with van der Waals surface area (Å²) in [6.45, 7) is 2.06. The number of nitrogens with zero attached hydrogens (tertiary/aromatic N) is 2. The van der Waals surface area contributed by atoms with E-state index < -0.39 is 29.4 Å². The number of halogens is 4. The number of carbonyl (C=O) groups is 2. The van der Waals surface area contributed by atoms with Gasteiger partial charge in [-0.05, 0) is 36.8 Å². The van der Waals surface area contributed by atoms with E-state index in [0.717, 1.165) is 30.2 Å². The second kappa shape index (κ2) is 10.5.